The van der Waals surface area contributed by atoms with E-state index in [-0.39, 0.29) is 6.04 Å². The molecule has 6 heteroatoms. The minimum absolute atomic E-state index is 0.301. The first kappa shape index (κ1) is 18.7. The highest BCUT2D eigenvalue weighted by molar-refractivity contribution is 7.89. The smallest absolute Gasteiger partial charge is 0.241 e. The number of nitrogens with zero attached hydrogens (tertiary/aromatic N) is 2. The van der Waals surface area contributed by atoms with Crippen molar-refractivity contribution in [3.63, 3.8) is 0 Å². The predicted molar refractivity (Wildman–Crippen MR) is 96.4 cm³/mol. The van der Waals surface area contributed by atoms with Gasteiger partial charge >= 0.3 is 0 Å². The molecule has 0 saturated heterocycles. The van der Waals surface area contributed by atoms with E-state index in [0.29, 0.717) is 4.90 Å². The van der Waals surface area contributed by atoms with E-state index in [0.717, 1.165) is 37.1 Å². The standard InChI is InChI=1S/C18H27N3O2S/c1-5-7-8-16-9-11-17(12-10-16)24(22,23)20-15(4)18-13-21(6-2)19-14(18)3/h9-13,15,20H,5-8H2,1-4H3. The Labute approximate surface area is 145 Å². The lowest BCUT2D eigenvalue weighted by Crippen LogP contribution is -2.27. The molecule has 0 fully saturated rings. The fourth-order valence-corrected chi connectivity index (χ4v) is 3.92. The van der Waals surface area contributed by atoms with E-state index >= 15 is 0 Å². The molecule has 0 saturated carbocycles. The number of hydrogen-bond acceptors (Lipinski definition) is 3. The molecule has 2 aromatic rings. The summed E-state index contributed by atoms with van der Waals surface area (Å²) in [7, 11) is -3.55. The van der Waals surface area contributed by atoms with E-state index in [4.69, 9.17) is 0 Å². The highest BCUT2D eigenvalue weighted by Gasteiger charge is 2.20. The van der Waals surface area contributed by atoms with Crippen LogP contribution in [0.15, 0.2) is 35.4 Å². The lowest BCUT2D eigenvalue weighted by Gasteiger charge is -2.14. The number of aromatic nitrogens is 2. The molecule has 0 aliphatic carbocycles. The van der Waals surface area contributed by atoms with Crippen LogP contribution in [0, 0.1) is 6.92 Å². The normalized spacial score (nSPS) is 13.2. The second-order valence-electron chi connectivity index (χ2n) is 6.12. The first-order chi connectivity index (χ1) is 11.4. The molecule has 1 N–H and O–H groups in total. The van der Waals surface area contributed by atoms with Crippen LogP contribution in [0.5, 0.6) is 0 Å². The fraction of sp³-hybridized carbons (Fsp3) is 0.500. The zero-order valence-corrected chi connectivity index (χ0v) is 15.7. The first-order valence-corrected chi connectivity index (χ1v) is 10.0. The van der Waals surface area contributed by atoms with Gasteiger partial charge in [-0.2, -0.15) is 5.10 Å². The van der Waals surface area contributed by atoms with Crippen molar-refractivity contribution in [3.05, 3.63) is 47.3 Å². The van der Waals surface area contributed by atoms with Gasteiger partial charge in [-0.3, -0.25) is 4.68 Å². The summed E-state index contributed by atoms with van der Waals surface area (Å²) in [6, 6.07) is 6.84. The Balaban J connectivity index is 2.13. The van der Waals surface area contributed by atoms with Crippen molar-refractivity contribution in [1.82, 2.24) is 14.5 Å². The number of unbranched alkanes of at least 4 members (excludes halogenated alkanes) is 1. The summed E-state index contributed by atoms with van der Waals surface area (Å²) in [5.41, 5.74) is 2.92. The number of benzene rings is 1. The predicted octanol–water partition coefficient (Wildman–Crippen LogP) is 3.59. The molecule has 5 nitrogen and oxygen atoms in total. The van der Waals surface area contributed by atoms with Gasteiger partial charge in [0.15, 0.2) is 0 Å². The Morgan fingerprint density at radius 1 is 1.21 bits per heavy atom. The molecule has 2 rings (SSSR count). The molecule has 24 heavy (non-hydrogen) atoms. The van der Waals surface area contributed by atoms with Crippen LogP contribution in [0.25, 0.3) is 0 Å². The summed E-state index contributed by atoms with van der Waals surface area (Å²) in [5, 5.41) is 4.37. The molecule has 1 aromatic carbocycles. The van der Waals surface area contributed by atoms with Crippen LogP contribution in [-0.2, 0) is 23.0 Å². The third-order valence-corrected chi connectivity index (χ3v) is 5.72. The van der Waals surface area contributed by atoms with Crippen molar-refractivity contribution in [1.29, 1.82) is 0 Å². The highest BCUT2D eigenvalue weighted by atomic mass is 32.2. The van der Waals surface area contributed by atoms with Gasteiger partial charge in [0.25, 0.3) is 0 Å². The molecule has 0 amide bonds. The maximum atomic E-state index is 12.6. The summed E-state index contributed by atoms with van der Waals surface area (Å²) in [6.45, 7) is 8.66. The third-order valence-electron chi connectivity index (χ3n) is 4.16. The van der Waals surface area contributed by atoms with Crippen molar-refractivity contribution in [2.24, 2.45) is 0 Å². The van der Waals surface area contributed by atoms with Crippen molar-refractivity contribution in [2.45, 2.75) is 64.4 Å². The fourth-order valence-electron chi connectivity index (χ4n) is 2.70. The second-order valence-corrected chi connectivity index (χ2v) is 7.83. The molecule has 0 radical (unpaired) electrons. The van der Waals surface area contributed by atoms with Gasteiger partial charge in [0.05, 0.1) is 10.6 Å². The minimum Gasteiger partial charge on any atom is -0.272 e. The van der Waals surface area contributed by atoms with E-state index in [1.807, 2.05) is 43.8 Å². The van der Waals surface area contributed by atoms with Gasteiger partial charge in [-0.1, -0.05) is 25.5 Å². The van der Waals surface area contributed by atoms with Crippen LogP contribution < -0.4 is 4.72 Å². The Morgan fingerprint density at radius 2 is 1.88 bits per heavy atom. The van der Waals surface area contributed by atoms with Gasteiger partial charge in [-0.15, -0.1) is 0 Å². The van der Waals surface area contributed by atoms with Crippen LogP contribution in [0.3, 0.4) is 0 Å². The molecule has 0 aliphatic rings. The summed E-state index contributed by atoms with van der Waals surface area (Å²) in [5.74, 6) is 0. The maximum Gasteiger partial charge on any atom is 0.241 e. The summed E-state index contributed by atoms with van der Waals surface area (Å²) in [6.07, 6.45) is 5.12. The summed E-state index contributed by atoms with van der Waals surface area (Å²) < 4.78 is 29.7. The highest BCUT2D eigenvalue weighted by Crippen LogP contribution is 2.20. The largest absolute Gasteiger partial charge is 0.272 e. The van der Waals surface area contributed by atoms with Gasteiger partial charge in [0.1, 0.15) is 0 Å². The molecule has 0 aliphatic heterocycles. The Bertz CT molecular complexity index is 764. The van der Waals surface area contributed by atoms with Gasteiger partial charge in [-0.25, -0.2) is 13.1 Å². The molecule has 1 atom stereocenters. The van der Waals surface area contributed by atoms with Crippen molar-refractivity contribution >= 4 is 10.0 Å². The van der Waals surface area contributed by atoms with Gasteiger partial charge in [0, 0.05) is 24.3 Å². The number of hydrogen-bond donors (Lipinski definition) is 1. The zero-order chi connectivity index (χ0) is 17.7. The SMILES string of the molecule is CCCCc1ccc(S(=O)(=O)NC(C)c2cn(CC)nc2C)cc1. The van der Waals surface area contributed by atoms with E-state index in [9.17, 15) is 8.42 Å². The average Bonchev–Trinajstić information content (AvgIpc) is 2.94. The van der Waals surface area contributed by atoms with Gasteiger partial charge in [0.2, 0.25) is 10.0 Å². The zero-order valence-electron chi connectivity index (χ0n) is 14.9. The lowest BCUT2D eigenvalue weighted by molar-refractivity contribution is 0.566. The van der Waals surface area contributed by atoms with Gasteiger partial charge < -0.3 is 0 Å². The topological polar surface area (TPSA) is 64.0 Å². The minimum atomic E-state index is -3.55. The lowest BCUT2D eigenvalue weighted by atomic mass is 10.1. The van der Waals surface area contributed by atoms with Crippen LogP contribution >= 0.6 is 0 Å². The van der Waals surface area contributed by atoms with Crippen molar-refractivity contribution < 1.29 is 8.42 Å². The third kappa shape index (κ3) is 4.45. The Morgan fingerprint density at radius 3 is 2.42 bits per heavy atom. The Kier molecular flexibility index (Phi) is 6.18. The van der Waals surface area contributed by atoms with E-state index in [2.05, 4.69) is 16.7 Å². The van der Waals surface area contributed by atoms with E-state index in [1.54, 1.807) is 12.1 Å². The van der Waals surface area contributed by atoms with Crippen LogP contribution in [-0.4, -0.2) is 18.2 Å². The van der Waals surface area contributed by atoms with E-state index < -0.39 is 10.0 Å². The maximum absolute atomic E-state index is 12.6. The number of sulfonamides is 1. The van der Waals surface area contributed by atoms with Crippen LogP contribution in [0.2, 0.25) is 0 Å². The second kappa shape index (κ2) is 7.94. The molecule has 0 bridgehead atoms. The summed E-state index contributed by atoms with van der Waals surface area (Å²) in [4.78, 5) is 0.301. The molecule has 132 valence electrons. The van der Waals surface area contributed by atoms with Crippen LogP contribution in [0.4, 0.5) is 0 Å². The molecular weight excluding hydrogens is 322 g/mol. The monoisotopic (exact) mass is 349 g/mol. The average molecular weight is 350 g/mol. The van der Waals surface area contributed by atoms with E-state index in [1.165, 1.54) is 5.56 Å². The molecule has 1 unspecified atom stereocenters. The number of aryl methyl sites for hydroxylation is 3. The van der Waals surface area contributed by atoms with Gasteiger partial charge in [-0.05, 0) is 51.3 Å². The number of rotatable bonds is 8. The van der Waals surface area contributed by atoms with Crippen LogP contribution in [0.1, 0.15) is 56.5 Å². The first-order valence-electron chi connectivity index (χ1n) is 8.52. The molecule has 1 heterocycles. The Hall–Kier alpha value is -1.66. The van der Waals surface area contributed by atoms with Crippen molar-refractivity contribution in [2.75, 3.05) is 0 Å². The number of nitrogens with one attached hydrogen (secondary N) is 1. The quantitative estimate of drug-likeness (QED) is 0.792. The molecule has 0 spiro atoms. The van der Waals surface area contributed by atoms with Crippen molar-refractivity contribution in [3.8, 4) is 0 Å². The summed E-state index contributed by atoms with van der Waals surface area (Å²) >= 11 is 0. The molecular formula is C18H27N3O2S. The molecule has 1 aromatic heterocycles.